The molecule has 0 saturated carbocycles. The molecule has 3 N–H and O–H groups in total. The Bertz CT molecular complexity index is 527. The largest absolute Gasteiger partial charge is 0.355 e. The lowest BCUT2D eigenvalue weighted by molar-refractivity contribution is -0.121. The van der Waals surface area contributed by atoms with Gasteiger partial charge in [0.2, 0.25) is 5.91 Å². The summed E-state index contributed by atoms with van der Waals surface area (Å²) in [6.07, 6.45) is 1.20. The van der Waals surface area contributed by atoms with Gasteiger partial charge in [-0.15, -0.1) is 0 Å². The number of nitrogens with one attached hydrogen (secondary N) is 1. The summed E-state index contributed by atoms with van der Waals surface area (Å²) in [6.45, 7) is 2.52. The molecule has 3 heteroatoms. The summed E-state index contributed by atoms with van der Waals surface area (Å²) in [4.78, 5) is 11.9. The van der Waals surface area contributed by atoms with Crippen LogP contribution >= 0.6 is 0 Å². The van der Waals surface area contributed by atoms with E-state index in [4.69, 9.17) is 5.73 Å². The van der Waals surface area contributed by atoms with Gasteiger partial charge in [-0.1, -0.05) is 60.7 Å². The molecule has 1 unspecified atom stereocenters. The van der Waals surface area contributed by atoms with Crippen molar-refractivity contribution in [3.63, 3.8) is 0 Å². The van der Waals surface area contributed by atoms with Gasteiger partial charge in [0, 0.05) is 24.9 Å². The van der Waals surface area contributed by atoms with E-state index >= 15 is 0 Å². The van der Waals surface area contributed by atoms with Gasteiger partial charge in [-0.25, -0.2) is 0 Å². The molecule has 22 heavy (non-hydrogen) atoms. The first-order valence-corrected chi connectivity index (χ1v) is 7.79. The first kappa shape index (κ1) is 16.2. The zero-order valence-corrected chi connectivity index (χ0v) is 13.0. The normalized spacial score (nSPS) is 12.1. The molecule has 2 aromatic rings. The van der Waals surface area contributed by atoms with Crippen LogP contribution < -0.4 is 11.1 Å². The second kappa shape index (κ2) is 8.35. The highest BCUT2D eigenvalue weighted by Gasteiger charge is 2.15. The molecule has 0 radical (unpaired) electrons. The lowest BCUT2D eigenvalue weighted by atomic mass is 9.91. The number of hydrogen-bond acceptors (Lipinski definition) is 2. The molecule has 0 bridgehead atoms. The van der Waals surface area contributed by atoms with E-state index in [9.17, 15) is 4.79 Å². The number of hydrogen-bond donors (Lipinski definition) is 2. The van der Waals surface area contributed by atoms with Gasteiger partial charge >= 0.3 is 0 Å². The predicted octanol–water partition coefficient (Wildman–Crippen LogP) is 3.06. The highest BCUT2D eigenvalue weighted by atomic mass is 16.1. The minimum absolute atomic E-state index is 0.0600. The third-order valence-corrected chi connectivity index (χ3v) is 3.73. The lowest BCUT2D eigenvalue weighted by Crippen LogP contribution is -2.30. The van der Waals surface area contributed by atoms with Crippen LogP contribution in [0.2, 0.25) is 0 Å². The van der Waals surface area contributed by atoms with Gasteiger partial charge in [-0.05, 0) is 24.5 Å². The number of benzene rings is 2. The minimum Gasteiger partial charge on any atom is -0.355 e. The minimum atomic E-state index is 0.0600. The summed E-state index contributed by atoms with van der Waals surface area (Å²) in [5.74, 6) is 0.232. The maximum absolute atomic E-state index is 11.9. The van der Waals surface area contributed by atoms with Crippen LogP contribution in [0.25, 0.3) is 0 Å². The van der Waals surface area contributed by atoms with Crippen molar-refractivity contribution in [2.45, 2.75) is 31.7 Å². The molecule has 0 spiro atoms. The number of amides is 1. The topological polar surface area (TPSA) is 55.1 Å². The van der Waals surface area contributed by atoms with Gasteiger partial charge < -0.3 is 11.1 Å². The molecule has 0 heterocycles. The first-order valence-electron chi connectivity index (χ1n) is 7.79. The van der Waals surface area contributed by atoms with E-state index in [-0.39, 0.29) is 17.9 Å². The van der Waals surface area contributed by atoms with Gasteiger partial charge in [-0.3, -0.25) is 4.79 Å². The molecule has 1 atom stereocenters. The van der Waals surface area contributed by atoms with E-state index in [2.05, 4.69) is 29.6 Å². The molecular weight excluding hydrogens is 272 g/mol. The fourth-order valence-electron chi connectivity index (χ4n) is 2.46. The highest BCUT2D eigenvalue weighted by molar-refractivity contribution is 5.76. The van der Waals surface area contributed by atoms with Crippen molar-refractivity contribution in [2.75, 3.05) is 6.54 Å². The fraction of sp³-hybridized carbons (Fsp3) is 0.316. The van der Waals surface area contributed by atoms with Gasteiger partial charge in [-0.2, -0.15) is 0 Å². The van der Waals surface area contributed by atoms with Crippen LogP contribution in [0.1, 0.15) is 36.8 Å². The molecular formula is C19H24N2O. The van der Waals surface area contributed by atoms with Crippen molar-refractivity contribution in [3.05, 3.63) is 71.8 Å². The summed E-state index contributed by atoms with van der Waals surface area (Å²) in [7, 11) is 0. The molecule has 0 aliphatic rings. The third kappa shape index (κ3) is 5.01. The van der Waals surface area contributed by atoms with Crippen LogP contribution in [0.15, 0.2) is 60.7 Å². The van der Waals surface area contributed by atoms with E-state index in [1.807, 2.05) is 43.3 Å². The fourth-order valence-corrected chi connectivity index (χ4v) is 2.46. The first-order chi connectivity index (χ1) is 10.7. The van der Waals surface area contributed by atoms with E-state index in [1.54, 1.807) is 0 Å². The second-order valence-corrected chi connectivity index (χ2v) is 5.69. The second-order valence-electron chi connectivity index (χ2n) is 5.69. The van der Waals surface area contributed by atoms with Crippen molar-refractivity contribution in [1.82, 2.24) is 5.32 Å². The zero-order valence-electron chi connectivity index (χ0n) is 13.0. The van der Waals surface area contributed by atoms with E-state index in [0.717, 1.165) is 0 Å². The van der Waals surface area contributed by atoms with Crippen molar-refractivity contribution < 1.29 is 4.79 Å². The molecule has 0 aliphatic heterocycles. The molecule has 2 rings (SSSR count). The van der Waals surface area contributed by atoms with Gasteiger partial charge in [0.1, 0.15) is 0 Å². The standard InChI is InChI=1S/C19H24N2O/c1-15(20)12-13-19(22)21-14-18(16-8-4-2-5-9-16)17-10-6-3-7-11-17/h2-11,15,18H,12-14,20H2,1H3,(H,21,22). The Balaban J connectivity index is 2.05. The van der Waals surface area contributed by atoms with Crippen LogP contribution in [0.3, 0.4) is 0 Å². The molecule has 116 valence electrons. The Morgan fingerprint density at radius 2 is 1.50 bits per heavy atom. The summed E-state index contributed by atoms with van der Waals surface area (Å²) >= 11 is 0. The van der Waals surface area contributed by atoms with Crippen LogP contribution in [-0.4, -0.2) is 18.5 Å². The summed E-state index contributed by atoms with van der Waals surface area (Å²) in [5.41, 5.74) is 8.12. The third-order valence-electron chi connectivity index (χ3n) is 3.73. The molecule has 0 saturated heterocycles. The maximum atomic E-state index is 11.9. The Hall–Kier alpha value is -2.13. The lowest BCUT2D eigenvalue weighted by Gasteiger charge is -2.19. The van der Waals surface area contributed by atoms with Crippen LogP contribution in [0.5, 0.6) is 0 Å². The number of carbonyl (C=O) groups excluding carboxylic acids is 1. The van der Waals surface area contributed by atoms with Crippen molar-refractivity contribution >= 4 is 5.91 Å². The quantitative estimate of drug-likeness (QED) is 0.825. The smallest absolute Gasteiger partial charge is 0.220 e. The zero-order chi connectivity index (χ0) is 15.8. The number of rotatable bonds is 7. The molecule has 0 aliphatic carbocycles. The van der Waals surface area contributed by atoms with Crippen LogP contribution in [-0.2, 0) is 4.79 Å². The molecule has 2 aromatic carbocycles. The van der Waals surface area contributed by atoms with E-state index in [1.165, 1.54) is 11.1 Å². The average Bonchev–Trinajstić information content (AvgIpc) is 2.55. The molecule has 3 nitrogen and oxygen atoms in total. The monoisotopic (exact) mass is 296 g/mol. The summed E-state index contributed by atoms with van der Waals surface area (Å²) < 4.78 is 0. The predicted molar refractivity (Wildman–Crippen MR) is 90.6 cm³/mol. The molecule has 0 fully saturated rings. The number of carbonyl (C=O) groups is 1. The van der Waals surface area contributed by atoms with Crippen molar-refractivity contribution in [2.24, 2.45) is 5.73 Å². The Labute approximate surface area is 132 Å². The van der Waals surface area contributed by atoms with Gasteiger partial charge in [0.05, 0.1) is 0 Å². The Morgan fingerprint density at radius 1 is 1.00 bits per heavy atom. The van der Waals surface area contributed by atoms with Crippen molar-refractivity contribution in [1.29, 1.82) is 0 Å². The number of nitrogens with two attached hydrogens (primary N) is 1. The Kier molecular flexibility index (Phi) is 6.16. The summed E-state index contributed by atoms with van der Waals surface area (Å²) in [6, 6.07) is 20.6. The van der Waals surface area contributed by atoms with Gasteiger partial charge in [0.15, 0.2) is 0 Å². The van der Waals surface area contributed by atoms with Crippen LogP contribution in [0, 0.1) is 0 Å². The van der Waals surface area contributed by atoms with E-state index < -0.39 is 0 Å². The highest BCUT2D eigenvalue weighted by Crippen LogP contribution is 2.23. The van der Waals surface area contributed by atoms with Gasteiger partial charge in [0.25, 0.3) is 0 Å². The molecule has 1 amide bonds. The summed E-state index contributed by atoms with van der Waals surface area (Å²) in [5, 5.41) is 3.04. The average molecular weight is 296 g/mol. The molecule has 0 aromatic heterocycles. The van der Waals surface area contributed by atoms with E-state index in [0.29, 0.717) is 19.4 Å². The maximum Gasteiger partial charge on any atom is 0.220 e. The van der Waals surface area contributed by atoms with Crippen molar-refractivity contribution in [3.8, 4) is 0 Å². The van der Waals surface area contributed by atoms with Crippen LogP contribution in [0.4, 0.5) is 0 Å². The SMILES string of the molecule is CC(N)CCC(=O)NCC(c1ccccc1)c1ccccc1. The Morgan fingerprint density at radius 3 is 1.95 bits per heavy atom.